The van der Waals surface area contributed by atoms with E-state index in [0.29, 0.717) is 6.54 Å². The zero-order chi connectivity index (χ0) is 14.0. The van der Waals surface area contributed by atoms with Gasteiger partial charge in [0, 0.05) is 12.1 Å². The fourth-order valence-corrected chi connectivity index (χ4v) is 2.39. The Labute approximate surface area is 111 Å². The Morgan fingerprint density at radius 3 is 2.50 bits per heavy atom. The predicted molar refractivity (Wildman–Crippen MR) is 73.4 cm³/mol. The molecule has 1 aliphatic rings. The van der Waals surface area contributed by atoms with Crippen molar-refractivity contribution >= 4 is 5.91 Å². The first-order chi connectivity index (χ1) is 8.17. The second kappa shape index (κ2) is 5.57. The molecule has 0 bridgehead atoms. The van der Waals surface area contributed by atoms with Gasteiger partial charge in [0.25, 0.3) is 0 Å². The van der Waals surface area contributed by atoms with Gasteiger partial charge in [0.05, 0.1) is 11.6 Å². The highest BCUT2D eigenvalue weighted by Gasteiger charge is 2.38. The lowest BCUT2D eigenvalue weighted by molar-refractivity contribution is -0.128. The molecule has 4 heteroatoms. The topological polar surface area (TPSA) is 52.6 Å². The lowest BCUT2D eigenvalue weighted by Gasteiger charge is -2.38. The Morgan fingerprint density at radius 2 is 2.00 bits per heavy atom. The fourth-order valence-electron chi connectivity index (χ4n) is 2.39. The summed E-state index contributed by atoms with van der Waals surface area (Å²) in [6, 6.07) is -0.0395. The number of nitrogens with zero attached hydrogens (tertiary/aromatic N) is 1. The van der Waals surface area contributed by atoms with Crippen LogP contribution in [0.25, 0.3) is 0 Å². The van der Waals surface area contributed by atoms with Gasteiger partial charge >= 0.3 is 0 Å². The van der Waals surface area contributed by atoms with Crippen LogP contribution < -0.4 is 5.32 Å². The number of amides is 1. The van der Waals surface area contributed by atoms with E-state index in [-0.39, 0.29) is 17.5 Å². The number of hydrogen-bond donors (Lipinski definition) is 2. The number of rotatable bonds is 5. The van der Waals surface area contributed by atoms with E-state index in [4.69, 9.17) is 0 Å². The Kier molecular flexibility index (Phi) is 4.78. The van der Waals surface area contributed by atoms with Crippen LogP contribution in [0, 0.1) is 0 Å². The molecule has 1 amide bonds. The molecule has 0 aliphatic carbocycles. The molecule has 1 aliphatic heterocycles. The first kappa shape index (κ1) is 15.4. The van der Waals surface area contributed by atoms with Crippen LogP contribution in [0.1, 0.15) is 53.9 Å². The van der Waals surface area contributed by atoms with Gasteiger partial charge in [0.15, 0.2) is 0 Å². The molecule has 1 unspecified atom stereocenters. The predicted octanol–water partition coefficient (Wildman–Crippen LogP) is 1.53. The highest BCUT2D eigenvalue weighted by atomic mass is 16.3. The van der Waals surface area contributed by atoms with Crippen molar-refractivity contribution in [3.63, 3.8) is 0 Å². The summed E-state index contributed by atoms with van der Waals surface area (Å²) in [7, 11) is 0. The molecule has 1 rings (SSSR count). The summed E-state index contributed by atoms with van der Waals surface area (Å²) >= 11 is 0. The van der Waals surface area contributed by atoms with Crippen LogP contribution in [0.5, 0.6) is 0 Å². The average Bonchev–Trinajstić information content (AvgIpc) is 2.74. The van der Waals surface area contributed by atoms with Gasteiger partial charge in [-0.2, -0.15) is 0 Å². The van der Waals surface area contributed by atoms with E-state index in [1.807, 2.05) is 0 Å². The fraction of sp³-hybridized carbons (Fsp3) is 0.929. The van der Waals surface area contributed by atoms with Crippen molar-refractivity contribution < 1.29 is 9.90 Å². The van der Waals surface area contributed by atoms with Gasteiger partial charge in [-0.1, -0.05) is 6.92 Å². The summed E-state index contributed by atoms with van der Waals surface area (Å²) in [5.41, 5.74) is -0.785. The largest absolute Gasteiger partial charge is 0.389 e. The van der Waals surface area contributed by atoms with Crippen LogP contribution in [0.2, 0.25) is 0 Å². The summed E-state index contributed by atoms with van der Waals surface area (Å²) in [6.45, 7) is 11.2. The van der Waals surface area contributed by atoms with Crippen molar-refractivity contribution in [2.75, 3.05) is 13.1 Å². The SMILES string of the molecule is CCC(C)(C)N1CCCC1C(=O)NCC(C)(C)O. The number of carbonyl (C=O) groups is 1. The number of hydrogen-bond acceptors (Lipinski definition) is 3. The van der Waals surface area contributed by atoms with Crippen molar-refractivity contribution in [2.45, 2.75) is 71.1 Å². The maximum Gasteiger partial charge on any atom is 0.237 e. The molecule has 18 heavy (non-hydrogen) atoms. The van der Waals surface area contributed by atoms with Crippen LogP contribution >= 0.6 is 0 Å². The van der Waals surface area contributed by atoms with Gasteiger partial charge in [-0.25, -0.2) is 0 Å². The summed E-state index contributed by atoms with van der Waals surface area (Å²) in [5, 5.41) is 12.5. The molecule has 2 N–H and O–H groups in total. The molecule has 0 saturated carbocycles. The standard InChI is InChI=1S/C14H28N2O2/c1-6-13(2,3)16-9-7-8-11(16)12(17)15-10-14(4,5)18/h11,18H,6-10H2,1-5H3,(H,15,17). The average molecular weight is 256 g/mol. The quantitative estimate of drug-likeness (QED) is 0.784. The van der Waals surface area contributed by atoms with Crippen molar-refractivity contribution in [2.24, 2.45) is 0 Å². The molecule has 0 radical (unpaired) electrons. The van der Waals surface area contributed by atoms with E-state index in [1.54, 1.807) is 13.8 Å². The molecule has 1 heterocycles. The normalized spacial score (nSPS) is 22.2. The molecule has 4 nitrogen and oxygen atoms in total. The van der Waals surface area contributed by atoms with Crippen molar-refractivity contribution in [3.8, 4) is 0 Å². The van der Waals surface area contributed by atoms with Gasteiger partial charge in [0.1, 0.15) is 0 Å². The minimum atomic E-state index is -0.848. The zero-order valence-electron chi connectivity index (χ0n) is 12.4. The van der Waals surface area contributed by atoms with E-state index in [0.717, 1.165) is 25.8 Å². The Balaban J connectivity index is 2.62. The zero-order valence-corrected chi connectivity index (χ0v) is 12.4. The van der Waals surface area contributed by atoms with Crippen molar-refractivity contribution in [3.05, 3.63) is 0 Å². The van der Waals surface area contributed by atoms with Crippen LogP contribution in [0.4, 0.5) is 0 Å². The Morgan fingerprint density at radius 1 is 1.39 bits per heavy atom. The lowest BCUT2D eigenvalue weighted by Crippen LogP contribution is -2.53. The minimum absolute atomic E-state index is 0.0395. The van der Waals surface area contributed by atoms with Gasteiger partial charge in [-0.05, 0) is 53.5 Å². The van der Waals surface area contributed by atoms with Gasteiger partial charge in [-0.3, -0.25) is 9.69 Å². The van der Waals surface area contributed by atoms with Gasteiger partial charge < -0.3 is 10.4 Å². The summed E-state index contributed by atoms with van der Waals surface area (Å²) in [4.78, 5) is 14.5. The Hall–Kier alpha value is -0.610. The molecule has 1 saturated heterocycles. The molecule has 0 aromatic rings. The van der Waals surface area contributed by atoms with Crippen LogP contribution in [0.3, 0.4) is 0 Å². The molecular formula is C14H28N2O2. The smallest absolute Gasteiger partial charge is 0.237 e. The first-order valence-electron chi connectivity index (χ1n) is 6.94. The Bertz CT molecular complexity index is 295. The minimum Gasteiger partial charge on any atom is -0.389 e. The number of nitrogens with one attached hydrogen (secondary N) is 1. The van der Waals surface area contributed by atoms with Crippen LogP contribution in [-0.2, 0) is 4.79 Å². The number of aliphatic hydroxyl groups is 1. The van der Waals surface area contributed by atoms with Gasteiger partial charge in [0.2, 0.25) is 5.91 Å². The molecule has 1 atom stereocenters. The number of carbonyl (C=O) groups excluding carboxylic acids is 1. The summed E-state index contributed by atoms with van der Waals surface area (Å²) < 4.78 is 0. The molecule has 1 fully saturated rings. The molecule has 0 aromatic carbocycles. The molecule has 106 valence electrons. The van der Waals surface area contributed by atoms with Gasteiger partial charge in [-0.15, -0.1) is 0 Å². The summed E-state index contributed by atoms with van der Waals surface area (Å²) in [6.07, 6.45) is 3.02. The maximum absolute atomic E-state index is 12.2. The lowest BCUT2D eigenvalue weighted by atomic mass is 9.98. The van der Waals surface area contributed by atoms with Crippen molar-refractivity contribution in [1.82, 2.24) is 10.2 Å². The molecular weight excluding hydrogens is 228 g/mol. The third-order valence-corrected chi connectivity index (χ3v) is 3.89. The van der Waals surface area contributed by atoms with Crippen LogP contribution in [-0.4, -0.2) is 46.2 Å². The molecule has 0 spiro atoms. The van der Waals surface area contributed by atoms with E-state index >= 15 is 0 Å². The van der Waals surface area contributed by atoms with E-state index in [1.165, 1.54) is 0 Å². The number of likely N-dealkylation sites (tertiary alicyclic amines) is 1. The van der Waals surface area contributed by atoms with E-state index in [9.17, 15) is 9.90 Å². The first-order valence-corrected chi connectivity index (χ1v) is 6.94. The molecule has 0 aromatic heterocycles. The second-order valence-corrected chi connectivity index (χ2v) is 6.55. The second-order valence-electron chi connectivity index (χ2n) is 6.55. The highest BCUT2D eigenvalue weighted by molar-refractivity contribution is 5.82. The van der Waals surface area contributed by atoms with E-state index < -0.39 is 5.60 Å². The third-order valence-electron chi connectivity index (χ3n) is 3.89. The highest BCUT2D eigenvalue weighted by Crippen LogP contribution is 2.29. The van der Waals surface area contributed by atoms with E-state index in [2.05, 4.69) is 31.0 Å². The third kappa shape index (κ3) is 3.95. The monoisotopic (exact) mass is 256 g/mol. The van der Waals surface area contributed by atoms with Crippen molar-refractivity contribution in [1.29, 1.82) is 0 Å². The maximum atomic E-state index is 12.2. The summed E-state index contributed by atoms with van der Waals surface area (Å²) in [5.74, 6) is 0.0520. The van der Waals surface area contributed by atoms with Crippen LogP contribution in [0.15, 0.2) is 0 Å².